The van der Waals surface area contributed by atoms with Crippen LogP contribution < -0.4 is 0 Å². The maximum atomic E-state index is 12.2. The summed E-state index contributed by atoms with van der Waals surface area (Å²) in [5.41, 5.74) is 1.49. The van der Waals surface area contributed by atoms with Crippen molar-refractivity contribution in [3.05, 3.63) is 63.6 Å². The van der Waals surface area contributed by atoms with Gasteiger partial charge in [0, 0.05) is 26.9 Å². The quantitative estimate of drug-likeness (QED) is 0.574. The number of thioether (sulfide) groups is 1. The van der Waals surface area contributed by atoms with E-state index in [0.29, 0.717) is 15.6 Å². The number of ketones is 1. The Labute approximate surface area is 126 Å². The Balaban J connectivity index is 2.15. The molecule has 0 saturated heterocycles. The third-order valence-corrected chi connectivity index (χ3v) is 4.11. The molecule has 0 radical (unpaired) electrons. The molecule has 0 fully saturated rings. The fraction of sp³-hybridized carbons (Fsp3) is 0.133. The lowest BCUT2D eigenvalue weighted by Crippen LogP contribution is -2.03. The predicted molar refractivity (Wildman–Crippen MR) is 82.7 cm³/mol. The van der Waals surface area contributed by atoms with Crippen molar-refractivity contribution in [2.45, 2.75) is 11.3 Å². The second-order valence-corrected chi connectivity index (χ2v) is 5.79. The van der Waals surface area contributed by atoms with Gasteiger partial charge in [-0.2, -0.15) is 0 Å². The Morgan fingerprint density at radius 1 is 1.11 bits per heavy atom. The van der Waals surface area contributed by atoms with Crippen molar-refractivity contribution in [1.82, 2.24) is 0 Å². The molecule has 1 nitrogen and oxygen atoms in total. The lowest BCUT2D eigenvalue weighted by atomic mass is 10.0. The zero-order valence-corrected chi connectivity index (χ0v) is 12.6. The topological polar surface area (TPSA) is 17.1 Å². The van der Waals surface area contributed by atoms with E-state index >= 15 is 0 Å². The van der Waals surface area contributed by atoms with Crippen molar-refractivity contribution < 1.29 is 4.79 Å². The number of halogens is 2. The van der Waals surface area contributed by atoms with Gasteiger partial charge in [0.1, 0.15) is 0 Å². The van der Waals surface area contributed by atoms with E-state index in [4.69, 9.17) is 23.2 Å². The molecule has 19 heavy (non-hydrogen) atoms. The summed E-state index contributed by atoms with van der Waals surface area (Å²) in [6.07, 6.45) is 2.29. The van der Waals surface area contributed by atoms with Gasteiger partial charge in [-0.15, -0.1) is 11.8 Å². The third-order valence-electron chi connectivity index (χ3n) is 2.78. The first-order valence-corrected chi connectivity index (χ1v) is 7.69. The van der Waals surface area contributed by atoms with Crippen molar-refractivity contribution >= 4 is 40.7 Å². The maximum absolute atomic E-state index is 12.2. The molecule has 0 aliphatic heterocycles. The van der Waals surface area contributed by atoms with Crippen LogP contribution in [-0.4, -0.2) is 12.0 Å². The van der Waals surface area contributed by atoms with Crippen LogP contribution in [0, 0.1) is 0 Å². The number of rotatable bonds is 4. The van der Waals surface area contributed by atoms with Crippen LogP contribution in [-0.2, 0) is 6.42 Å². The van der Waals surface area contributed by atoms with E-state index in [1.54, 1.807) is 30.0 Å². The molecule has 0 aromatic heterocycles. The molecule has 0 atom stereocenters. The van der Waals surface area contributed by atoms with Crippen LogP contribution in [0.25, 0.3) is 0 Å². The van der Waals surface area contributed by atoms with Gasteiger partial charge in [0.2, 0.25) is 0 Å². The Morgan fingerprint density at radius 3 is 2.37 bits per heavy atom. The highest BCUT2D eigenvalue weighted by molar-refractivity contribution is 7.98. The van der Waals surface area contributed by atoms with Gasteiger partial charge in [-0.05, 0) is 36.1 Å². The van der Waals surface area contributed by atoms with E-state index in [9.17, 15) is 4.79 Å². The number of benzene rings is 2. The SMILES string of the molecule is CSc1ccc(C(=O)Cc2ccc(Cl)cc2Cl)cc1. The number of hydrogen-bond acceptors (Lipinski definition) is 2. The minimum atomic E-state index is 0.0527. The summed E-state index contributed by atoms with van der Waals surface area (Å²) in [5, 5.41) is 1.10. The van der Waals surface area contributed by atoms with Crippen LogP contribution in [0.1, 0.15) is 15.9 Å². The number of hydrogen-bond donors (Lipinski definition) is 0. The summed E-state index contributed by atoms with van der Waals surface area (Å²) in [6.45, 7) is 0. The molecule has 0 saturated carbocycles. The number of Topliss-reactive ketones (excluding diaryl/α,β-unsaturated/α-hetero) is 1. The fourth-order valence-corrected chi connectivity index (χ4v) is 2.60. The maximum Gasteiger partial charge on any atom is 0.167 e. The Hall–Kier alpha value is -0.960. The molecule has 0 spiro atoms. The molecule has 0 amide bonds. The van der Waals surface area contributed by atoms with Crippen LogP contribution in [0.3, 0.4) is 0 Å². The van der Waals surface area contributed by atoms with Crippen molar-refractivity contribution in [2.75, 3.05) is 6.26 Å². The van der Waals surface area contributed by atoms with Crippen LogP contribution in [0.4, 0.5) is 0 Å². The summed E-state index contributed by atoms with van der Waals surface area (Å²) in [5.74, 6) is 0.0527. The molecule has 0 aliphatic rings. The van der Waals surface area contributed by atoms with E-state index in [2.05, 4.69) is 0 Å². The highest BCUT2D eigenvalue weighted by atomic mass is 35.5. The molecule has 2 aromatic carbocycles. The molecule has 0 bridgehead atoms. The highest BCUT2D eigenvalue weighted by Gasteiger charge is 2.10. The summed E-state index contributed by atoms with van der Waals surface area (Å²) in [7, 11) is 0. The smallest absolute Gasteiger partial charge is 0.167 e. The van der Waals surface area contributed by atoms with E-state index in [0.717, 1.165) is 10.5 Å². The van der Waals surface area contributed by atoms with Crippen LogP contribution >= 0.6 is 35.0 Å². The average molecular weight is 311 g/mol. The van der Waals surface area contributed by atoms with E-state index in [1.165, 1.54) is 0 Å². The fourth-order valence-electron chi connectivity index (χ4n) is 1.72. The Bertz CT molecular complexity index is 594. The second-order valence-electron chi connectivity index (χ2n) is 4.06. The van der Waals surface area contributed by atoms with Gasteiger partial charge < -0.3 is 0 Å². The normalized spacial score (nSPS) is 10.5. The zero-order chi connectivity index (χ0) is 13.8. The summed E-state index contributed by atoms with van der Waals surface area (Å²) in [6, 6.07) is 12.8. The predicted octanol–water partition coefficient (Wildman–Crippen LogP) is 5.14. The van der Waals surface area contributed by atoms with Crippen molar-refractivity contribution in [3.63, 3.8) is 0 Å². The summed E-state index contributed by atoms with van der Waals surface area (Å²) >= 11 is 13.6. The third kappa shape index (κ3) is 3.75. The molecule has 0 aliphatic carbocycles. The van der Waals surface area contributed by atoms with Gasteiger partial charge in [-0.3, -0.25) is 4.79 Å². The van der Waals surface area contributed by atoms with E-state index in [-0.39, 0.29) is 12.2 Å². The first-order valence-electron chi connectivity index (χ1n) is 5.71. The molecule has 0 heterocycles. The van der Waals surface area contributed by atoms with Crippen molar-refractivity contribution in [1.29, 1.82) is 0 Å². The number of carbonyl (C=O) groups excluding carboxylic acids is 1. The average Bonchev–Trinajstić information content (AvgIpc) is 2.42. The summed E-state index contributed by atoms with van der Waals surface area (Å²) in [4.78, 5) is 13.3. The lowest BCUT2D eigenvalue weighted by Gasteiger charge is -2.05. The Morgan fingerprint density at radius 2 is 1.79 bits per heavy atom. The van der Waals surface area contributed by atoms with E-state index < -0.39 is 0 Å². The number of carbonyl (C=O) groups is 1. The molecule has 98 valence electrons. The largest absolute Gasteiger partial charge is 0.294 e. The molecule has 2 rings (SSSR count). The van der Waals surface area contributed by atoms with Crippen molar-refractivity contribution in [2.24, 2.45) is 0 Å². The standard InChI is InChI=1S/C15H12Cl2OS/c1-19-13-6-3-10(4-7-13)15(18)8-11-2-5-12(16)9-14(11)17/h2-7,9H,8H2,1H3. The molecule has 0 unspecified atom stereocenters. The van der Waals surface area contributed by atoms with Gasteiger partial charge >= 0.3 is 0 Å². The molecular weight excluding hydrogens is 299 g/mol. The van der Waals surface area contributed by atoms with Crippen LogP contribution in [0.15, 0.2) is 47.4 Å². The molecule has 2 aromatic rings. The highest BCUT2D eigenvalue weighted by Crippen LogP contribution is 2.23. The van der Waals surface area contributed by atoms with E-state index in [1.807, 2.05) is 30.5 Å². The second kappa shape index (κ2) is 6.47. The lowest BCUT2D eigenvalue weighted by molar-refractivity contribution is 0.0993. The molecule has 0 N–H and O–H groups in total. The minimum absolute atomic E-state index is 0.0527. The molecule has 4 heteroatoms. The van der Waals surface area contributed by atoms with Gasteiger partial charge in [-0.1, -0.05) is 41.4 Å². The molecular formula is C15H12Cl2OS. The first-order chi connectivity index (χ1) is 9.10. The zero-order valence-electron chi connectivity index (χ0n) is 10.3. The van der Waals surface area contributed by atoms with Gasteiger partial charge in [0.15, 0.2) is 5.78 Å². The minimum Gasteiger partial charge on any atom is -0.294 e. The van der Waals surface area contributed by atoms with Gasteiger partial charge in [0.05, 0.1) is 0 Å². The Kier molecular flexibility index (Phi) is 4.92. The van der Waals surface area contributed by atoms with Crippen LogP contribution in [0.5, 0.6) is 0 Å². The van der Waals surface area contributed by atoms with Gasteiger partial charge in [-0.25, -0.2) is 0 Å². The monoisotopic (exact) mass is 310 g/mol. The van der Waals surface area contributed by atoms with Gasteiger partial charge in [0.25, 0.3) is 0 Å². The first kappa shape index (κ1) is 14.4. The summed E-state index contributed by atoms with van der Waals surface area (Å²) < 4.78 is 0. The van der Waals surface area contributed by atoms with Crippen LogP contribution in [0.2, 0.25) is 10.0 Å². The van der Waals surface area contributed by atoms with Crippen molar-refractivity contribution in [3.8, 4) is 0 Å².